The van der Waals surface area contributed by atoms with E-state index in [9.17, 15) is 18.4 Å². The summed E-state index contributed by atoms with van der Waals surface area (Å²) >= 11 is 12.1. The quantitative estimate of drug-likeness (QED) is 0.334. The monoisotopic (exact) mass is 537 g/mol. The highest BCUT2D eigenvalue weighted by Gasteiger charge is 2.23. The summed E-state index contributed by atoms with van der Waals surface area (Å²) in [7, 11) is 0. The van der Waals surface area contributed by atoms with Gasteiger partial charge in [0.15, 0.2) is 17.3 Å². The summed E-state index contributed by atoms with van der Waals surface area (Å²) < 4.78 is 29.9. The molecule has 182 valence electrons. The standard InChI is InChI=1S/C24H11Cl2F2N7O2/c25-14-5-12(9-30-22(14)26)20-21(35-18-7-16(28)15(27)6-17(18)32-33-35)23(36)34(24(37)31-20)19-10-29-8-11-3-1-2-4-13(11)19/h1-10H,(H,31,37). The van der Waals surface area contributed by atoms with E-state index in [0.29, 0.717) is 10.8 Å². The number of hydrogen-bond acceptors (Lipinski definition) is 6. The van der Waals surface area contributed by atoms with E-state index in [4.69, 9.17) is 23.2 Å². The maximum Gasteiger partial charge on any atom is 0.333 e. The van der Waals surface area contributed by atoms with Gasteiger partial charge in [0.2, 0.25) is 0 Å². The highest BCUT2D eigenvalue weighted by molar-refractivity contribution is 6.41. The third kappa shape index (κ3) is 3.67. The van der Waals surface area contributed by atoms with Gasteiger partial charge < -0.3 is 4.98 Å². The van der Waals surface area contributed by atoms with Crippen molar-refractivity contribution in [3.05, 3.63) is 104 Å². The Morgan fingerprint density at radius 2 is 1.73 bits per heavy atom. The van der Waals surface area contributed by atoms with Gasteiger partial charge in [-0.2, -0.15) is 0 Å². The third-order valence-corrected chi connectivity index (χ3v) is 6.44. The van der Waals surface area contributed by atoms with Gasteiger partial charge in [-0.15, -0.1) is 5.10 Å². The summed E-state index contributed by atoms with van der Waals surface area (Å²) in [5.41, 5.74) is -1.50. The summed E-state index contributed by atoms with van der Waals surface area (Å²) in [5, 5.41) is 9.17. The Labute approximate surface area is 214 Å². The van der Waals surface area contributed by atoms with Crippen molar-refractivity contribution in [2.75, 3.05) is 0 Å². The second kappa shape index (κ2) is 8.57. The number of pyridine rings is 2. The van der Waals surface area contributed by atoms with Crippen LogP contribution in [0.25, 0.3) is 44.4 Å². The summed E-state index contributed by atoms with van der Waals surface area (Å²) in [5.74, 6) is -2.30. The first kappa shape index (κ1) is 23.0. The molecule has 0 aliphatic heterocycles. The van der Waals surface area contributed by atoms with Crippen LogP contribution >= 0.6 is 23.2 Å². The van der Waals surface area contributed by atoms with Gasteiger partial charge in [0.05, 0.1) is 28.1 Å². The SMILES string of the molecule is O=c1[nH]c(-c2cnc(Cl)c(Cl)c2)c(-n2nnc3cc(F)c(F)cc32)c(=O)n1-c1cncc2ccccc12. The Balaban J connectivity index is 1.75. The third-order valence-electron chi connectivity index (χ3n) is 5.75. The summed E-state index contributed by atoms with van der Waals surface area (Å²) in [6, 6.07) is 10.2. The van der Waals surface area contributed by atoms with Crippen molar-refractivity contribution >= 4 is 45.0 Å². The molecule has 0 saturated heterocycles. The number of nitrogens with one attached hydrogen (secondary N) is 1. The van der Waals surface area contributed by atoms with E-state index in [0.717, 1.165) is 21.4 Å². The second-order valence-electron chi connectivity index (χ2n) is 7.93. The molecular formula is C24H11Cl2F2N7O2. The predicted molar refractivity (Wildman–Crippen MR) is 134 cm³/mol. The smallest absolute Gasteiger partial charge is 0.304 e. The molecule has 1 N–H and O–H groups in total. The number of rotatable bonds is 3. The van der Waals surface area contributed by atoms with Crippen LogP contribution in [0.1, 0.15) is 0 Å². The number of benzene rings is 2. The Kier molecular flexibility index (Phi) is 5.32. The van der Waals surface area contributed by atoms with Gasteiger partial charge in [-0.3, -0.25) is 9.78 Å². The lowest BCUT2D eigenvalue weighted by molar-refractivity contribution is 0.510. The first-order chi connectivity index (χ1) is 17.8. The van der Waals surface area contributed by atoms with Crippen LogP contribution in [0.5, 0.6) is 0 Å². The van der Waals surface area contributed by atoms with Crippen LogP contribution in [0.4, 0.5) is 8.78 Å². The molecule has 0 radical (unpaired) electrons. The normalized spacial score (nSPS) is 11.5. The molecule has 6 aromatic rings. The average molecular weight is 538 g/mol. The van der Waals surface area contributed by atoms with Crippen LogP contribution in [0, 0.1) is 11.6 Å². The highest BCUT2D eigenvalue weighted by Crippen LogP contribution is 2.29. The number of aromatic nitrogens is 7. The number of aromatic amines is 1. The minimum Gasteiger partial charge on any atom is -0.304 e. The second-order valence-corrected chi connectivity index (χ2v) is 8.69. The molecule has 13 heteroatoms. The summed E-state index contributed by atoms with van der Waals surface area (Å²) in [4.78, 5) is 38.2. The largest absolute Gasteiger partial charge is 0.333 e. The van der Waals surface area contributed by atoms with Crippen LogP contribution in [-0.2, 0) is 0 Å². The fraction of sp³-hybridized carbons (Fsp3) is 0. The van der Waals surface area contributed by atoms with Crippen molar-refractivity contribution in [3.63, 3.8) is 0 Å². The lowest BCUT2D eigenvalue weighted by Crippen LogP contribution is -2.37. The van der Waals surface area contributed by atoms with Gasteiger partial charge >= 0.3 is 5.69 Å². The molecule has 4 heterocycles. The Bertz CT molecular complexity index is 2000. The number of H-pyrrole nitrogens is 1. The van der Waals surface area contributed by atoms with Crippen molar-refractivity contribution in [2.45, 2.75) is 0 Å². The number of fused-ring (bicyclic) bond motifs is 2. The van der Waals surface area contributed by atoms with Crippen LogP contribution in [0.3, 0.4) is 0 Å². The van der Waals surface area contributed by atoms with E-state index in [1.165, 1.54) is 18.5 Å². The molecule has 2 aromatic carbocycles. The van der Waals surface area contributed by atoms with Gasteiger partial charge in [-0.25, -0.2) is 27.8 Å². The number of hydrogen-bond donors (Lipinski definition) is 1. The van der Waals surface area contributed by atoms with Crippen LogP contribution < -0.4 is 11.2 Å². The fourth-order valence-corrected chi connectivity index (χ4v) is 4.34. The first-order valence-corrected chi connectivity index (χ1v) is 11.3. The molecule has 0 amide bonds. The average Bonchev–Trinajstić information content (AvgIpc) is 3.27. The van der Waals surface area contributed by atoms with Crippen LogP contribution in [0.15, 0.2) is 70.6 Å². The molecule has 4 aromatic heterocycles. The molecule has 0 fully saturated rings. The van der Waals surface area contributed by atoms with E-state index in [2.05, 4.69) is 25.3 Å². The van der Waals surface area contributed by atoms with Crippen molar-refractivity contribution in [1.82, 2.24) is 34.5 Å². The van der Waals surface area contributed by atoms with Gasteiger partial charge in [0.25, 0.3) is 5.56 Å². The van der Waals surface area contributed by atoms with Gasteiger partial charge in [0, 0.05) is 40.9 Å². The van der Waals surface area contributed by atoms with Crippen molar-refractivity contribution in [2.24, 2.45) is 0 Å². The number of nitrogens with zero attached hydrogens (tertiary/aromatic N) is 6. The van der Waals surface area contributed by atoms with Gasteiger partial charge in [0.1, 0.15) is 10.7 Å². The van der Waals surface area contributed by atoms with E-state index >= 15 is 0 Å². The van der Waals surface area contributed by atoms with E-state index in [1.807, 2.05) is 0 Å². The van der Waals surface area contributed by atoms with Crippen molar-refractivity contribution < 1.29 is 8.78 Å². The molecule has 0 atom stereocenters. The van der Waals surface area contributed by atoms with Crippen LogP contribution in [0.2, 0.25) is 10.2 Å². The van der Waals surface area contributed by atoms with Crippen molar-refractivity contribution in [1.29, 1.82) is 0 Å². The zero-order chi connectivity index (χ0) is 25.8. The molecule has 0 aliphatic rings. The Hall–Kier alpha value is -4.48. The molecule has 37 heavy (non-hydrogen) atoms. The first-order valence-electron chi connectivity index (χ1n) is 10.6. The molecular weight excluding hydrogens is 527 g/mol. The van der Waals surface area contributed by atoms with E-state index in [1.54, 1.807) is 30.5 Å². The van der Waals surface area contributed by atoms with Gasteiger partial charge in [-0.05, 0) is 6.07 Å². The van der Waals surface area contributed by atoms with Crippen LogP contribution in [-0.4, -0.2) is 34.5 Å². The minimum absolute atomic E-state index is 0.00763. The topological polar surface area (TPSA) is 111 Å². The molecule has 0 saturated carbocycles. The molecule has 0 spiro atoms. The highest BCUT2D eigenvalue weighted by atomic mass is 35.5. The summed E-state index contributed by atoms with van der Waals surface area (Å²) in [6.45, 7) is 0. The molecule has 0 unspecified atom stereocenters. The maximum absolute atomic E-state index is 14.2. The molecule has 0 aliphatic carbocycles. The Morgan fingerprint density at radius 3 is 2.54 bits per heavy atom. The summed E-state index contributed by atoms with van der Waals surface area (Å²) in [6.07, 6.45) is 4.26. The predicted octanol–water partition coefficient (Wildman–Crippen LogP) is 4.45. The Morgan fingerprint density at radius 1 is 0.946 bits per heavy atom. The number of halogens is 4. The molecule has 0 bridgehead atoms. The minimum atomic E-state index is -1.17. The molecule has 6 rings (SSSR count). The zero-order valence-corrected chi connectivity index (χ0v) is 19.8. The van der Waals surface area contributed by atoms with Crippen molar-refractivity contribution in [3.8, 4) is 22.6 Å². The lowest BCUT2D eigenvalue weighted by Gasteiger charge is -2.14. The zero-order valence-electron chi connectivity index (χ0n) is 18.3. The van der Waals surface area contributed by atoms with E-state index in [-0.39, 0.29) is 43.8 Å². The molecule has 9 nitrogen and oxygen atoms in total. The van der Waals surface area contributed by atoms with Gasteiger partial charge in [-0.1, -0.05) is 52.7 Å². The maximum atomic E-state index is 14.2. The lowest BCUT2D eigenvalue weighted by atomic mass is 10.1. The van der Waals surface area contributed by atoms with E-state index < -0.39 is 22.9 Å². The fourth-order valence-electron chi connectivity index (χ4n) is 4.07.